The summed E-state index contributed by atoms with van der Waals surface area (Å²) in [6.45, 7) is 4.74. The predicted octanol–water partition coefficient (Wildman–Crippen LogP) is 3.50. The van der Waals surface area contributed by atoms with E-state index in [0.717, 1.165) is 56.6 Å². The Morgan fingerprint density at radius 2 is 1.81 bits per heavy atom. The first-order chi connectivity index (χ1) is 12.5. The highest BCUT2D eigenvalue weighted by Crippen LogP contribution is 2.33. The van der Waals surface area contributed by atoms with E-state index in [2.05, 4.69) is 36.1 Å². The van der Waals surface area contributed by atoms with E-state index < -0.39 is 5.60 Å². The van der Waals surface area contributed by atoms with Gasteiger partial charge in [0.25, 0.3) is 0 Å². The summed E-state index contributed by atoms with van der Waals surface area (Å²) >= 11 is 0. The number of aryl methyl sites for hydroxylation is 1. The molecular weight excluding hydrogens is 362 g/mol. The van der Waals surface area contributed by atoms with Crippen LogP contribution in [0.15, 0.2) is 42.5 Å². The zero-order chi connectivity index (χ0) is 18.1. The lowest BCUT2D eigenvalue weighted by molar-refractivity contribution is -0.0265. The number of hydrogen-bond donors (Lipinski definition) is 2. The lowest BCUT2D eigenvalue weighted by Crippen LogP contribution is -2.48. The second-order valence-electron chi connectivity index (χ2n) is 7.92. The largest absolute Gasteiger partial charge is 0.508 e. The normalized spacial score (nSPS) is 21.2. The van der Waals surface area contributed by atoms with E-state index >= 15 is 0 Å². The molecule has 4 nitrogen and oxygen atoms in total. The number of nitrogens with zero attached hydrogens (tertiary/aromatic N) is 1. The minimum absolute atomic E-state index is 0. The molecule has 27 heavy (non-hydrogen) atoms. The molecule has 0 aliphatic carbocycles. The van der Waals surface area contributed by atoms with Crippen LogP contribution in [0.2, 0.25) is 0 Å². The number of aromatic hydroxyl groups is 1. The quantitative estimate of drug-likeness (QED) is 0.840. The average Bonchev–Trinajstić information content (AvgIpc) is 3.01. The standard InChI is InChI=1S/C22H27NO3.ClH/c1-16-2-4-17(5-3-16)14-22(25)8-10-23(11-9-22)15-20-13-18-12-19(24)6-7-21(18)26-20;/h2-7,12,20,24-25H,8-11,13-15H2,1H3;1H/t20-;/m0./s1. The highest BCUT2D eigenvalue weighted by molar-refractivity contribution is 5.85. The van der Waals surface area contributed by atoms with Crippen molar-refractivity contribution in [3.63, 3.8) is 0 Å². The number of hydrogen-bond acceptors (Lipinski definition) is 4. The Kier molecular flexibility index (Phi) is 5.99. The monoisotopic (exact) mass is 389 g/mol. The summed E-state index contributed by atoms with van der Waals surface area (Å²) in [5.41, 5.74) is 2.95. The van der Waals surface area contributed by atoms with E-state index in [4.69, 9.17) is 4.74 Å². The van der Waals surface area contributed by atoms with Crippen LogP contribution in [0, 0.1) is 6.92 Å². The predicted molar refractivity (Wildman–Crippen MR) is 109 cm³/mol. The van der Waals surface area contributed by atoms with Gasteiger partial charge < -0.3 is 14.9 Å². The molecule has 5 heteroatoms. The highest BCUT2D eigenvalue weighted by Gasteiger charge is 2.34. The van der Waals surface area contributed by atoms with E-state index in [1.165, 1.54) is 11.1 Å². The topological polar surface area (TPSA) is 52.9 Å². The first kappa shape index (κ1) is 20.0. The Morgan fingerprint density at radius 1 is 1.11 bits per heavy atom. The van der Waals surface area contributed by atoms with Crippen LogP contribution >= 0.6 is 12.4 Å². The van der Waals surface area contributed by atoms with Crippen LogP contribution in [-0.4, -0.2) is 46.5 Å². The van der Waals surface area contributed by atoms with Gasteiger partial charge in [-0.3, -0.25) is 4.90 Å². The van der Waals surface area contributed by atoms with Crippen molar-refractivity contribution in [2.45, 2.75) is 44.3 Å². The van der Waals surface area contributed by atoms with Crippen LogP contribution in [0.5, 0.6) is 11.5 Å². The van der Waals surface area contributed by atoms with Gasteiger partial charge in [0.15, 0.2) is 0 Å². The molecule has 4 rings (SSSR count). The lowest BCUT2D eigenvalue weighted by Gasteiger charge is -2.39. The van der Waals surface area contributed by atoms with E-state index in [1.807, 2.05) is 6.07 Å². The number of halogens is 1. The summed E-state index contributed by atoms with van der Waals surface area (Å²) in [6, 6.07) is 13.8. The molecule has 0 amide bonds. The molecule has 2 heterocycles. The first-order valence-electron chi connectivity index (χ1n) is 9.48. The SMILES string of the molecule is Cc1ccc(CC2(O)CCN(C[C@@H]3Cc4cc(O)ccc4O3)CC2)cc1.Cl. The van der Waals surface area contributed by atoms with Gasteiger partial charge in [-0.05, 0) is 43.5 Å². The summed E-state index contributed by atoms with van der Waals surface area (Å²) < 4.78 is 6.01. The molecule has 2 aliphatic rings. The molecule has 2 aliphatic heterocycles. The summed E-state index contributed by atoms with van der Waals surface area (Å²) in [5.74, 6) is 1.19. The first-order valence-corrected chi connectivity index (χ1v) is 9.48. The second-order valence-corrected chi connectivity index (χ2v) is 7.92. The fourth-order valence-electron chi connectivity index (χ4n) is 4.11. The summed E-state index contributed by atoms with van der Waals surface area (Å²) in [4.78, 5) is 2.39. The van der Waals surface area contributed by atoms with Gasteiger partial charge in [0.2, 0.25) is 0 Å². The summed E-state index contributed by atoms with van der Waals surface area (Å²) in [5, 5.41) is 20.6. The zero-order valence-corrected chi connectivity index (χ0v) is 16.5. The average molecular weight is 390 g/mol. The van der Waals surface area contributed by atoms with Crippen molar-refractivity contribution >= 4 is 12.4 Å². The van der Waals surface area contributed by atoms with Crippen LogP contribution in [0.1, 0.15) is 29.5 Å². The number of likely N-dealkylation sites (tertiary alicyclic amines) is 1. The number of phenols is 1. The number of aliphatic hydroxyl groups is 1. The fourth-order valence-corrected chi connectivity index (χ4v) is 4.11. The van der Waals surface area contributed by atoms with Crippen LogP contribution in [0.25, 0.3) is 0 Å². The number of rotatable bonds is 4. The molecule has 0 aromatic heterocycles. The van der Waals surface area contributed by atoms with E-state index in [9.17, 15) is 10.2 Å². The maximum atomic E-state index is 11.0. The van der Waals surface area contributed by atoms with Gasteiger partial charge in [0, 0.05) is 38.0 Å². The summed E-state index contributed by atoms with van der Waals surface area (Å²) in [7, 11) is 0. The van der Waals surface area contributed by atoms with Crippen LogP contribution in [0.4, 0.5) is 0 Å². The number of phenolic OH excluding ortho intramolecular Hbond substituents is 1. The number of benzene rings is 2. The maximum absolute atomic E-state index is 11.0. The van der Waals surface area contributed by atoms with E-state index in [-0.39, 0.29) is 18.5 Å². The highest BCUT2D eigenvalue weighted by atomic mass is 35.5. The van der Waals surface area contributed by atoms with E-state index in [1.54, 1.807) is 12.1 Å². The van der Waals surface area contributed by atoms with Gasteiger partial charge in [-0.1, -0.05) is 29.8 Å². The molecule has 0 saturated carbocycles. The molecule has 0 spiro atoms. The molecule has 1 fully saturated rings. The van der Waals surface area contributed by atoms with Gasteiger partial charge in [0.05, 0.1) is 5.60 Å². The Balaban J connectivity index is 0.00000210. The molecule has 1 saturated heterocycles. The molecule has 0 bridgehead atoms. The minimum Gasteiger partial charge on any atom is -0.508 e. The van der Waals surface area contributed by atoms with Gasteiger partial charge >= 0.3 is 0 Å². The molecule has 2 aromatic rings. The van der Waals surface area contributed by atoms with Gasteiger partial charge in [-0.2, -0.15) is 0 Å². The minimum atomic E-state index is -0.600. The van der Waals surface area contributed by atoms with Crippen molar-refractivity contribution in [2.75, 3.05) is 19.6 Å². The molecule has 0 radical (unpaired) electrons. The Hall–Kier alpha value is -1.75. The number of ether oxygens (including phenoxy) is 1. The summed E-state index contributed by atoms with van der Waals surface area (Å²) in [6.07, 6.45) is 3.29. The van der Waals surface area contributed by atoms with Gasteiger partial charge in [0.1, 0.15) is 17.6 Å². The Bertz CT molecular complexity index is 770. The zero-order valence-electron chi connectivity index (χ0n) is 15.7. The third kappa shape index (κ3) is 4.75. The lowest BCUT2D eigenvalue weighted by atomic mass is 9.85. The Morgan fingerprint density at radius 3 is 2.52 bits per heavy atom. The fraction of sp³-hybridized carbons (Fsp3) is 0.455. The number of fused-ring (bicyclic) bond motifs is 1. The molecule has 2 aromatic carbocycles. The molecule has 0 unspecified atom stereocenters. The Labute approximate surface area is 167 Å². The van der Waals surface area contributed by atoms with Crippen molar-refractivity contribution < 1.29 is 14.9 Å². The van der Waals surface area contributed by atoms with Crippen molar-refractivity contribution in [3.05, 3.63) is 59.2 Å². The van der Waals surface area contributed by atoms with Crippen molar-refractivity contribution in [1.82, 2.24) is 4.90 Å². The molecule has 2 N–H and O–H groups in total. The smallest absolute Gasteiger partial charge is 0.123 e. The van der Waals surface area contributed by atoms with Crippen LogP contribution in [-0.2, 0) is 12.8 Å². The molecule has 1 atom stereocenters. The van der Waals surface area contributed by atoms with Crippen molar-refractivity contribution in [2.24, 2.45) is 0 Å². The van der Waals surface area contributed by atoms with Crippen molar-refractivity contribution in [3.8, 4) is 11.5 Å². The van der Waals surface area contributed by atoms with Gasteiger partial charge in [-0.15, -0.1) is 12.4 Å². The van der Waals surface area contributed by atoms with Crippen LogP contribution in [0.3, 0.4) is 0 Å². The van der Waals surface area contributed by atoms with Crippen molar-refractivity contribution in [1.29, 1.82) is 0 Å². The maximum Gasteiger partial charge on any atom is 0.123 e. The van der Waals surface area contributed by atoms with E-state index in [0.29, 0.717) is 5.75 Å². The number of piperidine rings is 1. The van der Waals surface area contributed by atoms with Gasteiger partial charge in [-0.25, -0.2) is 0 Å². The van der Waals surface area contributed by atoms with Crippen LogP contribution < -0.4 is 4.74 Å². The molecule has 146 valence electrons. The third-order valence-corrected chi connectivity index (χ3v) is 5.69. The third-order valence-electron chi connectivity index (χ3n) is 5.69. The second kappa shape index (κ2) is 8.09. The molecular formula is C22H28ClNO3.